The summed E-state index contributed by atoms with van der Waals surface area (Å²) < 4.78 is 0. The summed E-state index contributed by atoms with van der Waals surface area (Å²) in [4.78, 5) is 1.40. The number of nitrogens with one attached hydrogen (secondary N) is 1. The van der Waals surface area contributed by atoms with Crippen LogP contribution in [0.1, 0.15) is 50.3 Å². The average Bonchev–Trinajstić information content (AvgIpc) is 2.86. The number of hydrogen-bond acceptors (Lipinski definition) is 3. The molecule has 0 saturated heterocycles. The van der Waals surface area contributed by atoms with Crippen molar-refractivity contribution in [1.82, 2.24) is 5.32 Å². The minimum Gasteiger partial charge on any atom is -0.329 e. The van der Waals surface area contributed by atoms with E-state index in [0.717, 1.165) is 13.1 Å². The van der Waals surface area contributed by atoms with Crippen molar-refractivity contribution in [3.63, 3.8) is 0 Å². The van der Waals surface area contributed by atoms with Crippen LogP contribution < -0.4 is 11.1 Å². The Balaban J connectivity index is 2.07. The number of nitrogens with two attached hydrogens (primary N) is 1. The fourth-order valence-electron chi connectivity index (χ4n) is 1.96. The van der Waals surface area contributed by atoms with Gasteiger partial charge in [0.25, 0.3) is 0 Å². The molecule has 0 aliphatic heterocycles. The van der Waals surface area contributed by atoms with Gasteiger partial charge in [0.05, 0.1) is 0 Å². The Morgan fingerprint density at radius 3 is 2.76 bits per heavy atom. The molecule has 0 fully saturated rings. The van der Waals surface area contributed by atoms with Crippen LogP contribution in [0.25, 0.3) is 0 Å². The lowest BCUT2D eigenvalue weighted by Crippen LogP contribution is -2.35. The third-order valence-corrected chi connectivity index (χ3v) is 3.96. The van der Waals surface area contributed by atoms with E-state index in [2.05, 4.69) is 29.8 Å². The molecule has 1 unspecified atom stereocenters. The third kappa shape index (κ3) is 6.81. The molecule has 1 atom stereocenters. The van der Waals surface area contributed by atoms with E-state index in [0.29, 0.717) is 6.04 Å². The standard InChI is InChI=1S/C14H26N2S/c1-2-3-4-5-6-8-13(11-15)16-12-14-9-7-10-17-14/h7,9-10,13,16H,2-6,8,11-12,15H2,1H3. The first kappa shape index (κ1) is 14.7. The average molecular weight is 254 g/mol. The number of unbranched alkanes of at least 4 members (excludes halogenated alkanes) is 4. The van der Waals surface area contributed by atoms with Crippen molar-refractivity contribution >= 4 is 11.3 Å². The van der Waals surface area contributed by atoms with Crippen molar-refractivity contribution in [3.8, 4) is 0 Å². The van der Waals surface area contributed by atoms with Gasteiger partial charge in [-0.25, -0.2) is 0 Å². The van der Waals surface area contributed by atoms with Gasteiger partial charge >= 0.3 is 0 Å². The lowest BCUT2D eigenvalue weighted by molar-refractivity contribution is 0.460. The molecule has 0 aromatic carbocycles. The summed E-state index contributed by atoms with van der Waals surface area (Å²) in [5, 5.41) is 5.67. The zero-order chi connectivity index (χ0) is 12.3. The maximum Gasteiger partial charge on any atom is 0.0302 e. The smallest absolute Gasteiger partial charge is 0.0302 e. The monoisotopic (exact) mass is 254 g/mol. The van der Waals surface area contributed by atoms with Gasteiger partial charge in [-0.3, -0.25) is 0 Å². The van der Waals surface area contributed by atoms with Crippen LogP contribution in [0.15, 0.2) is 17.5 Å². The second kappa shape index (κ2) is 9.63. The minimum atomic E-state index is 0.485. The molecule has 3 N–H and O–H groups in total. The summed E-state index contributed by atoms with van der Waals surface area (Å²) in [5.41, 5.74) is 5.79. The second-order valence-electron chi connectivity index (χ2n) is 4.60. The van der Waals surface area contributed by atoms with Gasteiger partial charge in [-0.05, 0) is 17.9 Å². The normalized spacial score (nSPS) is 12.8. The highest BCUT2D eigenvalue weighted by Gasteiger charge is 2.05. The molecular formula is C14H26N2S. The molecular weight excluding hydrogens is 228 g/mol. The first-order valence-corrected chi connectivity index (χ1v) is 7.70. The highest BCUT2D eigenvalue weighted by molar-refractivity contribution is 7.09. The molecule has 0 aliphatic carbocycles. The van der Waals surface area contributed by atoms with E-state index in [1.54, 1.807) is 0 Å². The van der Waals surface area contributed by atoms with E-state index in [4.69, 9.17) is 5.73 Å². The molecule has 1 aromatic heterocycles. The molecule has 17 heavy (non-hydrogen) atoms. The predicted molar refractivity (Wildman–Crippen MR) is 77.4 cm³/mol. The molecule has 0 amide bonds. The van der Waals surface area contributed by atoms with E-state index < -0.39 is 0 Å². The van der Waals surface area contributed by atoms with E-state index in [9.17, 15) is 0 Å². The van der Waals surface area contributed by atoms with E-state index in [1.165, 1.54) is 43.4 Å². The molecule has 0 bridgehead atoms. The van der Waals surface area contributed by atoms with Crippen LogP contribution in [0.3, 0.4) is 0 Å². The molecule has 0 radical (unpaired) electrons. The van der Waals surface area contributed by atoms with Gasteiger partial charge in [0.15, 0.2) is 0 Å². The number of rotatable bonds is 10. The van der Waals surface area contributed by atoms with Crippen molar-refractivity contribution in [2.45, 2.75) is 58.0 Å². The van der Waals surface area contributed by atoms with Crippen molar-refractivity contribution in [2.24, 2.45) is 5.73 Å². The van der Waals surface area contributed by atoms with Crippen LogP contribution in [0.4, 0.5) is 0 Å². The highest BCUT2D eigenvalue weighted by Crippen LogP contribution is 2.10. The maximum absolute atomic E-state index is 5.79. The molecule has 1 aromatic rings. The Hall–Kier alpha value is -0.380. The van der Waals surface area contributed by atoms with E-state index >= 15 is 0 Å². The first-order valence-electron chi connectivity index (χ1n) is 6.82. The predicted octanol–water partition coefficient (Wildman–Crippen LogP) is 3.53. The van der Waals surface area contributed by atoms with Crippen LogP contribution in [0.2, 0.25) is 0 Å². The topological polar surface area (TPSA) is 38.0 Å². The summed E-state index contributed by atoms with van der Waals surface area (Å²) >= 11 is 1.81. The Morgan fingerprint density at radius 2 is 2.12 bits per heavy atom. The molecule has 1 rings (SSSR count). The van der Waals surface area contributed by atoms with Gasteiger partial charge in [0, 0.05) is 24.0 Å². The lowest BCUT2D eigenvalue weighted by atomic mass is 10.1. The van der Waals surface area contributed by atoms with Crippen molar-refractivity contribution in [3.05, 3.63) is 22.4 Å². The molecule has 1 heterocycles. The van der Waals surface area contributed by atoms with Gasteiger partial charge in [0.2, 0.25) is 0 Å². The minimum absolute atomic E-state index is 0.485. The molecule has 0 saturated carbocycles. The Labute approximate surface area is 110 Å². The quantitative estimate of drug-likeness (QED) is 0.627. The Bertz CT molecular complexity index is 259. The fraction of sp³-hybridized carbons (Fsp3) is 0.714. The summed E-state index contributed by atoms with van der Waals surface area (Å²) in [5.74, 6) is 0. The maximum atomic E-state index is 5.79. The summed E-state index contributed by atoms with van der Waals surface area (Å²) in [6.45, 7) is 3.97. The van der Waals surface area contributed by atoms with Crippen molar-refractivity contribution in [2.75, 3.05) is 6.54 Å². The molecule has 0 spiro atoms. The second-order valence-corrected chi connectivity index (χ2v) is 5.63. The molecule has 2 nitrogen and oxygen atoms in total. The SMILES string of the molecule is CCCCCCCC(CN)NCc1cccs1. The van der Waals surface area contributed by atoms with Crippen LogP contribution in [-0.2, 0) is 6.54 Å². The van der Waals surface area contributed by atoms with Gasteiger partial charge in [-0.1, -0.05) is 45.1 Å². The molecule has 98 valence electrons. The van der Waals surface area contributed by atoms with Gasteiger partial charge < -0.3 is 11.1 Å². The summed E-state index contributed by atoms with van der Waals surface area (Å²) in [6.07, 6.45) is 7.93. The van der Waals surface area contributed by atoms with Gasteiger partial charge in [-0.2, -0.15) is 0 Å². The highest BCUT2D eigenvalue weighted by atomic mass is 32.1. The van der Waals surface area contributed by atoms with Crippen LogP contribution in [0, 0.1) is 0 Å². The number of hydrogen-bond donors (Lipinski definition) is 2. The molecule has 3 heteroatoms. The van der Waals surface area contributed by atoms with Crippen LogP contribution in [0.5, 0.6) is 0 Å². The van der Waals surface area contributed by atoms with Crippen LogP contribution in [-0.4, -0.2) is 12.6 Å². The van der Waals surface area contributed by atoms with Gasteiger partial charge in [-0.15, -0.1) is 11.3 Å². The Morgan fingerprint density at radius 1 is 1.29 bits per heavy atom. The van der Waals surface area contributed by atoms with Gasteiger partial charge in [0.1, 0.15) is 0 Å². The summed E-state index contributed by atoms with van der Waals surface area (Å²) in [7, 11) is 0. The largest absolute Gasteiger partial charge is 0.329 e. The first-order chi connectivity index (χ1) is 8.36. The van der Waals surface area contributed by atoms with E-state index in [1.807, 2.05) is 11.3 Å². The zero-order valence-electron chi connectivity index (χ0n) is 11.0. The number of thiophene rings is 1. The van der Waals surface area contributed by atoms with E-state index in [-0.39, 0.29) is 0 Å². The lowest BCUT2D eigenvalue weighted by Gasteiger charge is -2.16. The fourth-order valence-corrected chi connectivity index (χ4v) is 2.61. The van der Waals surface area contributed by atoms with Crippen molar-refractivity contribution in [1.29, 1.82) is 0 Å². The van der Waals surface area contributed by atoms with Crippen LogP contribution >= 0.6 is 11.3 Å². The molecule has 0 aliphatic rings. The van der Waals surface area contributed by atoms with Crippen molar-refractivity contribution < 1.29 is 0 Å². The zero-order valence-corrected chi connectivity index (χ0v) is 11.8. The third-order valence-electron chi connectivity index (χ3n) is 3.09. The Kier molecular flexibility index (Phi) is 8.32. The summed E-state index contributed by atoms with van der Waals surface area (Å²) in [6, 6.07) is 4.76.